The van der Waals surface area contributed by atoms with Crippen molar-refractivity contribution in [2.75, 3.05) is 0 Å². The molecule has 1 saturated carbocycles. The van der Waals surface area contributed by atoms with E-state index in [1.807, 2.05) is 6.07 Å². The Labute approximate surface area is 98.1 Å². The SMILES string of the molecule is O=C(O)c1cn2cnc(C3CCCC3)cc2n1. The third kappa shape index (κ3) is 1.77. The second kappa shape index (κ2) is 3.84. The first-order valence-corrected chi connectivity index (χ1v) is 5.82. The number of aromatic nitrogens is 3. The molecule has 88 valence electrons. The largest absolute Gasteiger partial charge is 0.476 e. The fraction of sp³-hybridized carbons (Fsp3) is 0.417. The number of hydrogen-bond acceptors (Lipinski definition) is 3. The summed E-state index contributed by atoms with van der Waals surface area (Å²) in [6.07, 6.45) is 8.01. The van der Waals surface area contributed by atoms with Crippen LogP contribution in [0.25, 0.3) is 5.65 Å². The van der Waals surface area contributed by atoms with Gasteiger partial charge in [-0.05, 0) is 12.8 Å². The van der Waals surface area contributed by atoms with E-state index in [0.717, 1.165) is 5.69 Å². The van der Waals surface area contributed by atoms with E-state index in [-0.39, 0.29) is 5.69 Å². The van der Waals surface area contributed by atoms with Crippen LogP contribution in [0.4, 0.5) is 0 Å². The first-order valence-electron chi connectivity index (χ1n) is 5.82. The van der Waals surface area contributed by atoms with Crippen LogP contribution in [0.1, 0.15) is 47.8 Å². The predicted octanol–water partition coefficient (Wildman–Crippen LogP) is 2.09. The molecule has 0 aliphatic heterocycles. The van der Waals surface area contributed by atoms with Crippen molar-refractivity contribution in [2.24, 2.45) is 0 Å². The van der Waals surface area contributed by atoms with Gasteiger partial charge >= 0.3 is 5.97 Å². The number of rotatable bonds is 2. The van der Waals surface area contributed by atoms with Crippen molar-refractivity contribution in [1.82, 2.24) is 14.4 Å². The van der Waals surface area contributed by atoms with Gasteiger partial charge < -0.3 is 5.11 Å². The summed E-state index contributed by atoms with van der Waals surface area (Å²) in [6.45, 7) is 0. The van der Waals surface area contributed by atoms with Gasteiger partial charge in [0.05, 0.1) is 0 Å². The van der Waals surface area contributed by atoms with E-state index < -0.39 is 5.97 Å². The highest BCUT2D eigenvalue weighted by molar-refractivity contribution is 5.86. The maximum Gasteiger partial charge on any atom is 0.356 e. The number of hydrogen-bond donors (Lipinski definition) is 1. The highest BCUT2D eigenvalue weighted by Crippen LogP contribution is 2.33. The summed E-state index contributed by atoms with van der Waals surface area (Å²) in [4.78, 5) is 19.3. The van der Waals surface area contributed by atoms with Crippen LogP contribution in [-0.4, -0.2) is 25.4 Å². The van der Waals surface area contributed by atoms with Gasteiger partial charge in [-0.25, -0.2) is 14.8 Å². The summed E-state index contributed by atoms with van der Waals surface area (Å²) < 4.78 is 1.65. The zero-order valence-corrected chi connectivity index (χ0v) is 9.33. The number of carboxylic acid groups (broad SMARTS) is 1. The van der Waals surface area contributed by atoms with Gasteiger partial charge in [-0.1, -0.05) is 12.8 Å². The molecule has 5 nitrogen and oxygen atoms in total. The summed E-state index contributed by atoms with van der Waals surface area (Å²) in [7, 11) is 0. The lowest BCUT2D eigenvalue weighted by Crippen LogP contribution is -1.98. The second-order valence-corrected chi connectivity index (χ2v) is 4.49. The molecule has 1 aliphatic rings. The highest BCUT2D eigenvalue weighted by atomic mass is 16.4. The van der Waals surface area contributed by atoms with Crippen LogP contribution in [0, 0.1) is 0 Å². The van der Waals surface area contributed by atoms with Crippen LogP contribution >= 0.6 is 0 Å². The van der Waals surface area contributed by atoms with Crippen molar-refractivity contribution in [3.05, 3.63) is 30.0 Å². The van der Waals surface area contributed by atoms with Gasteiger partial charge in [-0.15, -0.1) is 0 Å². The van der Waals surface area contributed by atoms with E-state index >= 15 is 0 Å². The molecule has 0 bridgehead atoms. The smallest absolute Gasteiger partial charge is 0.356 e. The van der Waals surface area contributed by atoms with Gasteiger partial charge in [0.1, 0.15) is 12.0 Å². The zero-order chi connectivity index (χ0) is 11.8. The minimum absolute atomic E-state index is 0.0652. The third-order valence-corrected chi connectivity index (χ3v) is 3.36. The maximum atomic E-state index is 10.8. The van der Waals surface area contributed by atoms with E-state index in [1.54, 1.807) is 10.7 Å². The monoisotopic (exact) mass is 231 g/mol. The average Bonchev–Trinajstić information content (AvgIpc) is 2.97. The van der Waals surface area contributed by atoms with Crippen LogP contribution in [0.5, 0.6) is 0 Å². The summed E-state index contributed by atoms with van der Waals surface area (Å²) >= 11 is 0. The van der Waals surface area contributed by atoms with Crippen molar-refractivity contribution < 1.29 is 9.90 Å². The maximum absolute atomic E-state index is 10.8. The molecule has 0 unspecified atom stereocenters. The number of carbonyl (C=O) groups is 1. The van der Waals surface area contributed by atoms with Crippen LogP contribution in [-0.2, 0) is 0 Å². The Balaban J connectivity index is 2.02. The van der Waals surface area contributed by atoms with Crippen molar-refractivity contribution in [3.8, 4) is 0 Å². The van der Waals surface area contributed by atoms with Crippen molar-refractivity contribution in [1.29, 1.82) is 0 Å². The van der Waals surface area contributed by atoms with Crippen LogP contribution < -0.4 is 0 Å². The molecule has 0 atom stereocenters. The van der Waals surface area contributed by atoms with E-state index in [1.165, 1.54) is 31.9 Å². The second-order valence-electron chi connectivity index (χ2n) is 4.49. The minimum Gasteiger partial charge on any atom is -0.476 e. The lowest BCUT2D eigenvalue weighted by Gasteiger charge is -2.07. The molecule has 2 aromatic rings. The zero-order valence-electron chi connectivity index (χ0n) is 9.33. The normalized spacial score (nSPS) is 16.7. The van der Waals surface area contributed by atoms with Gasteiger partial charge in [-0.3, -0.25) is 4.40 Å². The minimum atomic E-state index is -1.00. The molecule has 1 N–H and O–H groups in total. The number of nitrogens with zero attached hydrogens (tertiary/aromatic N) is 3. The molecule has 0 spiro atoms. The summed E-state index contributed by atoms with van der Waals surface area (Å²) in [5.74, 6) is -0.485. The third-order valence-electron chi connectivity index (χ3n) is 3.36. The Bertz CT molecular complexity index is 570. The Hall–Kier alpha value is -1.91. The standard InChI is InChI=1S/C12H13N3O2/c16-12(17)10-6-15-7-13-9(5-11(15)14-10)8-3-1-2-4-8/h5-8H,1-4H2,(H,16,17). The molecule has 1 fully saturated rings. The molecule has 0 radical (unpaired) electrons. The topological polar surface area (TPSA) is 67.5 Å². The average molecular weight is 231 g/mol. The molecule has 0 aromatic carbocycles. The summed E-state index contributed by atoms with van der Waals surface area (Å²) in [5.41, 5.74) is 1.77. The fourth-order valence-electron chi connectivity index (χ4n) is 2.45. The number of fused-ring (bicyclic) bond motifs is 1. The molecule has 1 aliphatic carbocycles. The molecule has 17 heavy (non-hydrogen) atoms. The summed E-state index contributed by atoms with van der Waals surface area (Å²) in [5, 5.41) is 8.87. The molecule has 5 heteroatoms. The fourth-order valence-corrected chi connectivity index (χ4v) is 2.45. The number of imidazole rings is 1. The molecule has 3 rings (SSSR count). The molecular weight excluding hydrogens is 218 g/mol. The number of aromatic carboxylic acids is 1. The van der Waals surface area contributed by atoms with Crippen LogP contribution in [0.2, 0.25) is 0 Å². The molecule has 0 amide bonds. The van der Waals surface area contributed by atoms with Crippen molar-refractivity contribution >= 4 is 11.6 Å². The highest BCUT2D eigenvalue weighted by Gasteiger charge is 2.19. The first-order chi connectivity index (χ1) is 8.24. The van der Waals surface area contributed by atoms with Crippen molar-refractivity contribution in [3.63, 3.8) is 0 Å². The van der Waals surface area contributed by atoms with Gasteiger partial charge in [0, 0.05) is 23.9 Å². The lowest BCUT2D eigenvalue weighted by atomic mass is 10.0. The number of carboxylic acids is 1. The van der Waals surface area contributed by atoms with Gasteiger partial charge in [0.15, 0.2) is 5.69 Å². The van der Waals surface area contributed by atoms with E-state index in [0.29, 0.717) is 11.6 Å². The van der Waals surface area contributed by atoms with E-state index in [4.69, 9.17) is 5.11 Å². The van der Waals surface area contributed by atoms with Crippen LogP contribution in [0.15, 0.2) is 18.6 Å². The van der Waals surface area contributed by atoms with Crippen molar-refractivity contribution in [2.45, 2.75) is 31.6 Å². The quantitative estimate of drug-likeness (QED) is 0.859. The summed E-state index contributed by atoms with van der Waals surface area (Å²) in [6, 6.07) is 1.91. The van der Waals surface area contributed by atoms with Crippen LogP contribution in [0.3, 0.4) is 0 Å². The van der Waals surface area contributed by atoms with Gasteiger partial charge in [0.25, 0.3) is 0 Å². The molecule has 0 saturated heterocycles. The van der Waals surface area contributed by atoms with E-state index in [9.17, 15) is 4.79 Å². The Morgan fingerprint density at radius 3 is 2.88 bits per heavy atom. The van der Waals surface area contributed by atoms with Gasteiger partial charge in [0.2, 0.25) is 0 Å². The molecular formula is C12H13N3O2. The van der Waals surface area contributed by atoms with Gasteiger partial charge in [-0.2, -0.15) is 0 Å². The lowest BCUT2D eigenvalue weighted by molar-refractivity contribution is 0.0691. The van der Waals surface area contributed by atoms with E-state index in [2.05, 4.69) is 9.97 Å². The first kappa shape index (κ1) is 10.3. The Morgan fingerprint density at radius 2 is 2.18 bits per heavy atom. The molecule has 2 aromatic heterocycles. The predicted molar refractivity (Wildman–Crippen MR) is 61.2 cm³/mol. The Kier molecular flexibility index (Phi) is 2.31. The molecule has 2 heterocycles. The Morgan fingerprint density at radius 1 is 1.41 bits per heavy atom.